The summed E-state index contributed by atoms with van der Waals surface area (Å²) in [6.45, 7) is 19.7. The molecule has 6 aromatic rings. The number of amides is 3. The van der Waals surface area contributed by atoms with E-state index in [1.807, 2.05) is 19.9 Å². The highest BCUT2D eigenvalue weighted by Gasteiger charge is 2.26. The number of aromatic nitrogens is 3. The second-order valence-electron chi connectivity index (χ2n) is 18.6. The Hall–Kier alpha value is -6.63. The monoisotopic (exact) mass is 1160 g/mol. The molecule has 3 heterocycles. The van der Waals surface area contributed by atoms with Crippen LogP contribution in [0.4, 0.5) is 17.2 Å². The number of ether oxygens (including phenoxy) is 3. The molecular formula is C53H55Br3N6O9. The molecule has 3 aromatic carbocycles. The molecule has 3 N–H and O–H groups in total. The van der Waals surface area contributed by atoms with Crippen molar-refractivity contribution in [1.82, 2.24) is 15.0 Å². The molecule has 0 aliphatic rings. The maximum Gasteiger partial charge on any atom is 0.339 e. The van der Waals surface area contributed by atoms with Gasteiger partial charge in [0.15, 0.2) is 0 Å². The Balaban J connectivity index is 0.000000231. The molecule has 0 unspecified atom stereocenters. The molecule has 3 amide bonds. The summed E-state index contributed by atoms with van der Waals surface area (Å²) >= 11 is 9.95. The quantitative estimate of drug-likeness (QED) is 0.0914. The maximum atomic E-state index is 12.6. The molecule has 0 fully saturated rings. The summed E-state index contributed by atoms with van der Waals surface area (Å²) in [5, 5.41) is 8.18. The van der Waals surface area contributed by atoms with Gasteiger partial charge < -0.3 is 30.2 Å². The molecular weight excluding hydrogens is 1100 g/mol. The maximum absolute atomic E-state index is 12.6. The summed E-state index contributed by atoms with van der Waals surface area (Å²) in [5.74, 6) is -2.41. The van der Waals surface area contributed by atoms with E-state index in [9.17, 15) is 28.8 Å². The lowest BCUT2D eigenvalue weighted by Gasteiger charge is -2.20. The summed E-state index contributed by atoms with van der Waals surface area (Å²) in [4.78, 5) is 86.9. The fourth-order valence-electron chi connectivity index (χ4n) is 5.83. The Morgan fingerprint density at radius 2 is 0.873 bits per heavy atom. The SMILES string of the molecule is CC(C)(C)OC(=O)c1cc(Br)ccc1C(=O)Nc1cccnc1.Cc1cc(NC(=O)c2ccc(Br)cc2C(=O)OC(C)(C)C)ccn1.Cc1ccc(NC(=O)c2ccc(Br)cc2C(=O)OC(C)(C)C)nc1. The van der Waals surface area contributed by atoms with Gasteiger partial charge in [-0.25, -0.2) is 19.4 Å². The third-order valence-corrected chi connectivity index (χ3v) is 10.2. The van der Waals surface area contributed by atoms with Gasteiger partial charge >= 0.3 is 17.9 Å². The standard InChI is InChI=1S/2C18H19BrN2O3.C17H17BrN2O3/c1-11-5-8-15(20-10-11)21-16(22)13-7-6-12(19)9-14(13)17(23)24-18(2,3)4;1-11-9-13(7-8-20-11)21-16(22)14-6-5-12(19)10-15(14)17(23)24-18(2,3)4;1-17(2,3)23-16(22)14-9-11(18)6-7-13(14)15(21)20-12-5-4-8-19-10-12/h2*5-10H,1-4H3,(H,20,21,22);4-10H,1-3H3,(H,20,21). The highest BCUT2D eigenvalue weighted by atomic mass is 79.9. The van der Waals surface area contributed by atoms with Crippen molar-refractivity contribution in [3.05, 3.63) is 174 Å². The number of esters is 3. The van der Waals surface area contributed by atoms with Crippen molar-refractivity contribution in [1.29, 1.82) is 0 Å². The first-order chi connectivity index (χ1) is 33.1. The zero-order chi connectivity index (χ0) is 52.8. The number of carbonyl (C=O) groups excluding carboxylic acids is 6. The van der Waals surface area contributed by atoms with E-state index >= 15 is 0 Å². The largest absolute Gasteiger partial charge is 0.456 e. The third kappa shape index (κ3) is 19.2. The molecule has 0 atom stereocenters. The average Bonchev–Trinajstić information content (AvgIpc) is 3.26. The van der Waals surface area contributed by atoms with Crippen LogP contribution in [0.25, 0.3) is 0 Å². The van der Waals surface area contributed by atoms with Gasteiger partial charge in [-0.2, -0.15) is 0 Å². The summed E-state index contributed by atoms with van der Waals surface area (Å²) < 4.78 is 18.2. The fourth-order valence-corrected chi connectivity index (χ4v) is 6.91. The van der Waals surface area contributed by atoms with Gasteiger partial charge in [-0.15, -0.1) is 0 Å². The molecule has 0 radical (unpaired) electrons. The Bertz CT molecular complexity index is 2890. The van der Waals surface area contributed by atoms with Crippen LogP contribution in [-0.4, -0.2) is 67.4 Å². The number of rotatable bonds is 9. The smallest absolute Gasteiger partial charge is 0.339 e. The topological polar surface area (TPSA) is 205 Å². The highest BCUT2D eigenvalue weighted by molar-refractivity contribution is 9.11. The van der Waals surface area contributed by atoms with Crippen molar-refractivity contribution in [2.24, 2.45) is 0 Å². The fraction of sp³-hybridized carbons (Fsp3) is 0.264. The van der Waals surface area contributed by atoms with E-state index in [-0.39, 0.29) is 39.3 Å². The molecule has 71 heavy (non-hydrogen) atoms. The van der Waals surface area contributed by atoms with Crippen LogP contribution in [0.1, 0.15) is 136 Å². The average molecular weight is 1160 g/mol. The van der Waals surface area contributed by atoms with E-state index in [4.69, 9.17) is 14.2 Å². The normalized spacial score (nSPS) is 11.0. The molecule has 372 valence electrons. The number of benzene rings is 3. The molecule has 0 saturated heterocycles. The first-order valence-electron chi connectivity index (χ1n) is 21.9. The number of aryl methyl sites for hydroxylation is 2. The highest BCUT2D eigenvalue weighted by Crippen LogP contribution is 2.25. The van der Waals surface area contributed by atoms with E-state index < -0.39 is 46.5 Å². The number of carbonyl (C=O) groups is 6. The number of hydrogen-bond acceptors (Lipinski definition) is 12. The van der Waals surface area contributed by atoms with Crippen LogP contribution in [0.2, 0.25) is 0 Å². The van der Waals surface area contributed by atoms with Crippen molar-refractivity contribution in [2.75, 3.05) is 16.0 Å². The van der Waals surface area contributed by atoms with Gasteiger partial charge in [0.05, 0.1) is 45.3 Å². The first-order valence-corrected chi connectivity index (χ1v) is 24.2. The van der Waals surface area contributed by atoms with Gasteiger partial charge in [-0.3, -0.25) is 24.4 Å². The number of pyridine rings is 3. The summed E-state index contributed by atoms with van der Waals surface area (Å²) in [5.41, 5.74) is 2.35. The minimum Gasteiger partial charge on any atom is -0.456 e. The van der Waals surface area contributed by atoms with E-state index in [2.05, 4.69) is 78.7 Å². The van der Waals surface area contributed by atoms with Gasteiger partial charge in [0.2, 0.25) is 0 Å². The Kier molecular flexibility index (Phi) is 20.0. The zero-order valence-corrected chi connectivity index (χ0v) is 45.9. The van der Waals surface area contributed by atoms with Crippen LogP contribution < -0.4 is 16.0 Å². The van der Waals surface area contributed by atoms with Gasteiger partial charge in [0, 0.05) is 43.4 Å². The van der Waals surface area contributed by atoms with E-state index in [1.54, 1.807) is 166 Å². The Morgan fingerprint density at radius 1 is 0.451 bits per heavy atom. The van der Waals surface area contributed by atoms with E-state index in [0.29, 0.717) is 30.6 Å². The Morgan fingerprint density at radius 3 is 1.24 bits per heavy atom. The summed E-state index contributed by atoms with van der Waals surface area (Å²) in [7, 11) is 0. The number of hydrogen-bond donors (Lipinski definition) is 3. The van der Waals surface area contributed by atoms with E-state index in [1.165, 1.54) is 6.20 Å². The van der Waals surface area contributed by atoms with Gasteiger partial charge in [0.1, 0.15) is 22.6 Å². The first kappa shape index (κ1) is 57.0. The molecule has 6 rings (SSSR count). The molecule has 15 nitrogen and oxygen atoms in total. The molecule has 0 saturated carbocycles. The molecule has 18 heteroatoms. The van der Waals surface area contributed by atoms with Crippen molar-refractivity contribution in [2.45, 2.75) is 93.0 Å². The predicted molar refractivity (Wildman–Crippen MR) is 284 cm³/mol. The second kappa shape index (κ2) is 25.0. The van der Waals surface area contributed by atoms with Crippen molar-refractivity contribution in [3.8, 4) is 0 Å². The van der Waals surface area contributed by atoms with Crippen LogP contribution in [0.15, 0.2) is 129 Å². The van der Waals surface area contributed by atoms with Crippen LogP contribution in [-0.2, 0) is 14.2 Å². The van der Waals surface area contributed by atoms with E-state index in [0.717, 1.165) is 11.3 Å². The number of anilines is 3. The minimum absolute atomic E-state index is 0.198. The predicted octanol–water partition coefficient (Wildman–Crippen LogP) is 12.8. The number of nitrogens with one attached hydrogen (secondary N) is 3. The summed E-state index contributed by atoms with van der Waals surface area (Å²) in [6, 6.07) is 25.0. The van der Waals surface area contributed by atoms with Crippen molar-refractivity contribution < 1.29 is 43.0 Å². The summed E-state index contributed by atoms with van der Waals surface area (Å²) in [6.07, 6.45) is 6.42. The lowest BCUT2D eigenvalue weighted by atomic mass is 10.1. The molecule has 0 aliphatic carbocycles. The zero-order valence-electron chi connectivity index (χ0n) is 41.1. The molecule has 3 aromatic heterocycles. The van der Waals surface area contributed by atoms with Crippen LogP contribution in [0, 0.1) is 13.8 Å². The van der Waals surface area contributed by atoms with Crippen LogP contribution in [0.5, 0.6) is 0 Å². The lowest BCUT2D eigenvalue weighted by molar-refractivity contribution is 0.00559. The van der Waals surface area contributed by atoms with Crippen LogP contribution in [0.3, 0.4) is 0 Å². The molecule has 0 spiro atoms. The van der Waals surface area contributed by atoms with Gasteiger partial charge in [-0.1, -0.05) is 53.9 Å². The van der Waals surface area contributed by atoms with Gasteiger partial charge in [0.25, 0.3) is 17.7 Å². The number of halogens is 3. The van der Waals surface area contributed by atoms with Crippen molar-refractivity contribution >= 4 is 101 Å². The van der Waals surface area contributed by atoms with Crippen LogP contribution >= 0.6 is 47.8 Å². The lowest BCUT2D eigenvalue weighted by Crippen LogP contribution is -2.26. The molecule has 0 bridgehead atoms. The van der Waals surface area contributed by atoms with Crippen molar-refractivity contribution in [3.63, 3.8) is 0 Å². The second-order valence-corrected chi connectivity index (χ2v) is 21.3. The Labute approximate surface area is 438 Å². The van der Waals surface area contributed by atoms with Gasteiger partial charge in [-0.05, 0) is 167 Å². The third-order valence-electron chi connectivity index (χ3n) is 8.76. The molecule has 0 aliphatic heterocycles. The minimum atomic E-state index is -0.647. The number of nitrogens with zero attached hydrogens (tertiary/aromatic N) is 3.